The molecule has 56 heavy (non-hydrogen) atoms. The second-order valence-corrected chi connectivity index (χ2v) is 15.2. The van der Waals surface area contributed by atoms with Crippen LogP contribution in [-0.2, 0) is 42.1 Å². The van der Waals surface area contributed by atoms with E-state index in [1.54, 1.807) is 88.5 Å². The molecule has 16 nitrogen and oxygen atoms in total. The number of nitrogens with one attached hydrogen (secondary N) is 3. The average molecular weight is 786 g/mol. The lowest BCUT2D eigenvalue weighted by Crippen LogP contribution is -2.46. The number of imidazole rings is 1. The van der Waals surface area contributed by atoms with Gasteiger partial charge in [0.1, 0.15) is 11.6 Å². The summed E-state index contributed by atoms with van der Waals surface area (Å²) >= 11 is 0. The SMILES string of the molecule is CCNC(=O)C1OC(n2cnc3c(NCc4ccc(OC)cc4)nc(CNS(=O)(=O)CC(C)C)nc32)C(OC(=O)c2ccccc2)C1OC(=O)c1ccccc1. The molecule has 294 valence electrons. The van der Waals surface area contributed by atoms with Crippen LogP contribution in [0, 0.1) is 5.92 Å². The summed E-state index contributed by atoms with van der Waals surface area (Å²) in [5, 5.41) is 5.98. The predicted molar refractivity (Wildman–Crippen MR) is 205 cm³/mol. The van der Waals surface area contributed by atoms with Crippen molar-refractivity contribution in [2.45, 2.75) is 58.4 Å². The highest BCUT2D eigenvalue weighted by Gasteiger charge is 2.54. The zero-order chi connectivity index (χ0) is 39.8. The van der Waals surface area contributed by atoms with E-state index in [9.17, 15) is 22.8 Å². The number of anilines is 1. The van der Waals surface area contributed by atoms with E-state index in [0.29, 0.717) is 12.3 Å². The lowest BCUT2D eigenvalue weighted by atomic mass is 10.1. The van der Waals surface area contributed by atoms with E-state index in [4.69, 9.17) is 18.9 Å². The Hall–Kier alpha value is -5.91. The van der Waals surface area contributed by atoms with Crippen molar-refractivity contribution in [2.75, 3.05) is 24.7 Å². The largest absolute Gasteiger partial charge is 0.497 e. The molecule has 0 saturated carbocycles. The third kappa shape index (κ3) is 9.47. The fourth-order valence-corrected chi connectivity index (χ4v) is 7.43. The Morgan fingerprint density at radius 1 is 0.857 bits per heavy atom. The molecule has 2 aromatic heterocycles. The summed E-state index contributed by atoms with van der Waals surface area (Å²) in [6, 6.07) is 23.8. The first-order chi connectivity index (χ1) is 27.0. The number of hydrogen-bond donors (Lipinski definition) is 3. The molecule has 3 N–H and O–H groups in total. The Bertz CT molecular complexity index is 2250. The smallest absolute Gasteiger partial charge is 0.338 e. The maximum atomic E-state index is 13.7. The maximum Gasteiger partial charge on any atom is 0.338 e. The van der Waals surface area contributed by atoms with Crippen molar-refractivity contribution >= 4 is 44.9 Å². The number of rotatable bonds is 16. The van der Waals surface area contributed by atoms with Gasteiger partial charge in [-0.25, -0.2) is 37.7 Å². The number of nitrogens with zero attached hydrogens (tertiary/aromatic N) is 4. The molecule has 0 bridgehead atoms. The van der Waals surface area contributed by atoms with Crippen LogP contribution in [0.15, 0.2) is 91.3 Å². The van der Waals surface area contributed by atoms with Gasteiger partial charge in [-0.2, -0.15) is 0 Å². The molecule has 0 spiro atoms. The first kappa shape index (κ1) is 39.8. The van der Waals surface area contributed by atoms with E-state index in [0.717, 1.165) is 5.56 Å². The summed E-state index contributed by atoms with van der Waals surface area (Å²) in [5.74, 6) is -1.33. The normalized spacial score (nSPS) is 18.1. The number of aromatic nitrogens is 4. The summed E-state index contributed by atoms with van der Waals surface area (Å²) in [6.07, 6.45) is -4.20. The molecule has 4 unspecified atom stereocenters. The topological polar surface area (TPSA) is 202 Å². The van der Waals surface area contributed by atoms with E-state index in [1.165, 1.54) is 10.9 Å². The quantitative estimate of drug-likeness (QED) is 0.121. The molecule has 1 fully saturated rings. The Kier molecular flexibility index (Phi) is 12.6. The number of esters is 2. The minimum absolute atomic E-state index is 0.0898. The number of carbonyl (C=O) groups excluding carboxylic acids is 3. The highest BCUT2D eigenvalue weighted by atomic mass is 32.2. The maximum absolute atomic E-state index is 13.7. The molecule has 3 aromatic carbocycles. The Morgan fingerprint density at radius 2 is 1.48 bits per heavy atom. The molecule has 4 atom stereocenters. The van der Waals surface area contributed by atoms with Gasteiger partial charge in [0.25, 0.3) is 5.91 Å². The molecule has 1 saturated heterocycles. The number of benzene rings is 3. The zero-order valence-corrected chi connectivity index (χ0v) is 32.1. The number of likely N-dealkylation sites (N-methyl/N-ethyl adjacent to an activating group) is 1. The standard InChI is InChI=1S/C39H43N7O9S/c1-5-40-36(47)32-31(54-38(48)26-12-8-6-9-13-26)33(55-39(49)27-14-10-7-11-15-27)37(53-32)46-23-42-30-34(41-20-25-16-18-28(52-4)19-17-25)44-29(45-35(30)46)21-43-56(50,51)22-24(2)3/h6-19,23-24,31-33,37,43H,5,20-22H2,1-4H3,(H,40,47)(H,41,44,45). The second-order valence-electron chi connectivity index (χ2n) is 13.3. The van der Waals surface area contributed by atoms with Crippen molar-refractivity contribution in [3.63, 3.8) is 0 Å². The van der Waals surface area contributed by atoms with Crippen molar-refractivity contribution in [3.8, 4) is 5.75 Å². The van der Waals surface area contributed by atoms with Crippen molar-refractivity contribution in [2.24, 2.45) is 5.92 Å². The summed E-state index contributed by atoms with van der Waals surface area (Å²) < 4.78 is 53.4. The van der Waals surface area contributed by atoms with Gasteiger partial charge in [-0.1, -0.05) is 62.4 Å². The second kappa shape index (κ2) is 17.7. The minimum atomic E-state index is -3.69. The lowest BCUT2D eigenvalue weighted by molar-refractivity contribution is -0.137. The van der Waals surface area contributed by atoms with Gasteiger partial charge >= 0.3 is 11.9 Å². The van der Waals surface area contributed by atoms with E-state index < -0.39 is 52.4 Å². The molecule has 5 aromatic rings. The molecule has 1 aliphatic rings. The van der Waals surface area contributed by atoms with Crippen LogP contribution in [0.25, 0.3) is 11.2 Å². The van der Waals surface area contributed by atoms with Crippen molar-refractivity contribution in [1.82, 2.24) is 29.6 Å². The first-order valence-corrected chi connectivity index (χ1v) is 19.6. The number of carbonyl (C=O) groups is 3. The Labute approximate surface area is 324 Å². The molecule has 1 aliphatic heterocycles. The van der Waals surface area contributed by atoms with Gasteiger partial charge in [0.2, 0.25) is 10.0 Å². The van der Waals surface area contributed by atoms with Crippen LogP contribution >= 0.6 is 0 Å². The van der Waals surface area contributed by atoms with Gasteiger partial charge in [-0.15, -0.1) is 0 Å². The number of methoxy groups -OCH3 is 1. The lowest BCUT2D eigenvalue weighted by Gasteiger charge is -2.24. The molecule has 0 aliphatic carbocycles. The molecule has 3 heterocycles. The van der Waals surface area contributed by atoms with Crippen molar-refractivity contribution in [1.29, 1.82) is 0 Å². The summed E-state index contributed by atoms with van der Waals surface area (Å²) in [4.78, 5) is 54.6. The van der Waals surface area contributed by atoms with E-state index in [1.807, 2.05) is 24.3 Å². The van der Waals surface area contributed by atoms with Gasteiger partial charge in [0.15, 0.2) is 41.5 Å². The van der Waals surface area contributed by atoms with Crippen molar-refractivity contribution < 1.29 is 41.7 Å². The predicted octanol–water partition coefficient (Wildman–Crippen LogP) is 4.01. The van der Waals surface area contributed by atoms with E-state index in [-0.39, 0.29) is 58.7 Å². The molecule has 17 heteroatoms. The monoisotopic (exact) mass is 785 g/mol. The van der Waals surface area contributed by atoms with Crippen molar-refractivity contribution in [3.05, 3.63) is 114 Å². The minimum Gasteiger partial charge on any atom is -0.497 e. The highest BCUT2D eigenvalue weighted by Crippen LogP contribution is 2.37. The molecule has 1 amide bonds. The van der Waals surface area contributed by atoms with Crippen LogP contribution in [0.3, 0.4) is 0 Å². The summed E-state index contributed by atoms with van der Waals surface area (Å²) in [7, 11) is -2.12. The van der Waals surface area contributed by atoms with Crippen LogP contribution in [0.1, 0.15) is 59.1 Å². The fraction of sp³-hybridized carbons (Fsp3) is 0.333. The zero-order valence-electron chi connectivity index (χ0n) is 31.2. The molecule has 0 radical (unpaired) electrons. The average Bonchev–Trinajstić information content (AvgIpc) is 3.77. The van der Waals surface area contributed by atoms with Gasteiger partial charge in [-0.3, -0.25) is 9.36 Å². The number of hydrogen-bond acceptors (Lipinski definition) is 13. The van der Waals surface area contributed by atoms with Crippen LogP contribution in [0.5, 0.6) is 5.75 Å². The third-order valence-electron chi connectivity index (χ3n) is 8.67. The van der Waals surface area contributed by atoms with Gasteiger partial charge in [0, 0.05) is 13.1 Å². The van der Waals surface area contributed by atoms with Crippen LogP contribution in [0.4, 0.5) is 5.82 Å². The van der Waals surface area contributed by atoms with Crippen LogP contribution in [0.2, 0.25) is 0 Å². The summed E-state index contributed by atoms with van der Waals surface area (Å²) in [5.41, 5.74) is 1.72. The summed E-state index contributed by atoms with van der Waals surface area (Å²) in [6.45, 7) is 5.59. The van der Waals surface area contributed by atoms with Crippen LogP contribution in [-0.4, -0.2) is 83.5 Å². The molecular weight excluding hydrogens is 743 g/mol. The van der Waals surface area contributed by atoms with Crippen LogP contribution < -0.4 is 20.1 Å². The third-order valence-corrected chi connectivity index (χ3v) is 10.4. The Morgan fingerprint density at radius 3 is 2.07 bits per heavy atom. The Balaban J connectivity index is 1.43. The van der Waals surface area contributed by atoms with Gasteiger partial charge in [0.05, 0.1) is 36.9 Å². The number of ether oxygens (including phenoxy) is 4. The number of amides is 1. The molecule has 6 rings (SSSR count). The first-order valence-electron chi connectivity index (χ1n) is 18.0. The van der Waals surface area contributed by atoms with E-state index in [2.05, 4.69) is 30.3 Å². The number of fused-ring (bicyclic) bond motifs is 1. The van der Waals surface area contributed by atoms with E-state index >= 15 is 0 Å². The number of sulfonamides is 1. The fourth-order valence-electron chi connectivity index (χ4n) is 6.09. The van der Waals surface area contributed by atoms with Gasteiger partial charge in [-0.05, 0) is 54.8 Å². The molecular formula is C39H43N7O9S. The highest BCUT2D eigenvalue weighted by molar-refractivity contribution is 7.89. The van der Waals surface area contributed by atoms with Gasteiger partial charge < -0.3 is 29.6 Å².